The molecule has 0 bridgehead atoms. The van der Waals surface area contributed by atoms with Crippen LogP contribution in [0.4, 0.5) is 0 Å². The average molecular weight is 205 g/mol. The van der Waals surface area contributed by atoms with Crippen LogP contribution in [0, 0.1) is 24.2 Å². The Balaban J connectivity index is 1.74. The molecular weight excluding hydrogens is 182 g/mol. The number of hydrogen-bond acceptors (Lipinski definition) is 1. The zero-order valence-electron chi connectivity index (χ0n) is 9.84. The molecule has 2 aliphatic rings. The van der Waals surface area contributed by atoms with Crippen LogP contribution in [0.1, 0.15) is 51.9 Å². The van der Waals surface area contributed by atoms with E-state index < -0.39 is 0 Å². The fourth-order valence-electron chi connectivity index (χ4n) is 3.01. The maximum Gasteiger partial charge on any atom is 0.0238 e. The molecule has 0 saturated heterocycles. The van der Waals surface area contributed by atoms with Crippen molar-refractivity contribution >= 4 is 0 Å². The molecule has 0 aromatic rings. The van der Waals surface area contributed by atoms with E-state index in [0.29, 0.717) is 6.04 Å². The normalized spacial score (nSPS) is 33.3. The van der Waals surface area contributed by atoms with Crippen LogP contribution in [0.3, 0.4) is 0 Å². The second-order valence-corrected chi connectivity index (χ2v) is 5.44. The summed E-state index contributed by atoms with van der Waals surface area (Å²) in [5.74, 6) is 4.84. The van der Waals surface area contributed by atoms with Gasteiger partial charge >= 0.3 is 0 Å². The zero-order chi connectivity index (χ0) is 10.7. The van der Waals surface area contributed by atoms with E-state index in [-0.39, 0.29) is 0 Å². The van der Waals surface area contributed by atoms with E-state index in [9.17, 15) is 0 Å². The third-order valence-corrected chi connectivity index (χ3v) is 3.95. The van der Waals surface area contributed by atoms with E-state index in [1.165, 1.54) is 38.5 Å². The molecule has 0 spiro atoms. The molecule has 1 N–H and O–H groups in total. The molecule has 0 heterocycles. The summed E-state index contributed by atoms with van der Waals surface area (Å²) in [7, 11) is 0. The second kappa shape index (κ2) is 5.03. The minimum atomic E-state index is 0.498. The maximum atomic E-state index is 5.33. The largest absolute Gasteiger partial charge is 0.311 e. The molecule has 15 heavy (non-hydrogen) atoms. The number of hydrogen-bond donors (Lipinski definition) is 1. The summed E-state index contributed by atoms with van der Waals surface area (Å²) in [5.41, 5.74) is 0. The highest BCUT2D eigenvalue weighted by Crippen LogP contribution is 2.43. The van der Waals surface area contributed by atoms with Gasteiger partial charge in [0.2, 0.25) is 0 Å². The number of terminal acetylenes is 1. The van der Waals surface area contributed by atoms with Crippen LogP contribution >= 0.6 is 0 Å². The summed E-state index contributed by atoms with van der Waals surface area (Å²) in [6, 6.07) is 1.24. The van der Waals surface area contributed by atoms with E-state index in [1.807, 2.05) is 0 Å². The Kier molecular flexibility index (Phi) is 3.70. The van der Waals surface area contributed by atoms with Gasteiger partial charge in [0, 0.05) is 18.5 Å². The van der Waals surface area contributed by atoms with Gasteiger partial charge in [0.15, 0.2) is 0 Å². The Bertz CT molecular complexity index is 236. The highest BCUT2D eigenvalue weighted by atomic mass is 14.9. The average Bonchev–Trinajstić information content (AvgIpc) is 3.01. The van der Waals surface area contributed by atoms with Gasteiger partial charge in [-0.2, -0.15) is 0 Å². The van der Waals surface area contributed by atoms with Gasteiger partial charge in [-0.1, -0.05) is 12.8 Å². The molecule has 0 aromatic heterocycles. The van der Waals surface area contributed by atoms with E-state index in [1.54, 1.807) is 0 Å². The molecule has 0 aliphatic heterocycles. The van der Waals surface area contributed by atoms with Crippen molar-refractivity contribution in [1.82, 2.24) is 5.32 Å². The zero-order valence-corrected chi connectivity index (χ0v) is 9.84. The Morgan fingerprint density at radius 2 is 2.07 bits per heavy atom. The van der Waals surface area contributed by atoms with Gasteiger partial charge in [-0.15, -0.1) is 12.3 Å². The standard InChI is InChI=1S/C14H23N/c1-3-5-11(2)15-14-7-4-6-13(10-14)12-8-9-12/h1,11-15H,4-10H2,2H3. The summed E-state index contributed by atoms with van der Waals surface area (Å²) in [4.78, 5) is 0. The molecule has 1 nitrogen and oxygen atoms in total. The summed E-state index contributed by atoms with van der Waals surface area (Å²) in [6.07, 6.45) is 14.8. The van der Waals surface area contributed by atoms with Crippen molar-refractivity contribution in [3.63, 3.8) is 0 Å². The van der Waals surface area contributed by atoms with Crippen LogP contribution in [0.5, 0.6) is 0 Å². The van der Waals surface area contributed by atoms with Crippen LogP contribution in [0.15, 0.2) is 0 Å². The molecule has 2 aliphatic carbocycles. The fraction of sp³-hybridized carbons (Fsp3) is 0.857. The first-order valence-corrected chi connectivity index (χ1v) is 6.49. The molecule has 3 atom stereocenters. The fourth-order valence-corrected chi connectivity index (χ4v) is 3.01. The molecule has 2 fully saturated rings. The van der Waals surface area contributed by atoms with Crippen molar-refractivity contribution < 1.29 is 0 Å². The van der Waals surface area contributed by atoms with Crippen molar-refractivity contribution in [2.24, 2.45) is 11.8 Å². The first-order chi connectivity index (χ1) is 7.29. The molecule has 0 radical (unpaired) electrons. The second-order valence-electron chi connectivity index (χ2n) is 5.44. The lowest BCUT2D eigenvalue weighted by Gasteiger charge is -2.31. The predicted molar refractivity (Wildman–Crippen MR) is 64.5 cm³/mol. The minimum Gasteiger partial charge on any atom is -0.311 e. The smallest absolute Gasteiger partial charge is 0.0238 e. The third-order valence-electron chi connectivity index (χ3n) is 3.95. The lowest BCUT2D eigenvalue weighted by atomic mass is 9.82. The first kappa shape index (κ1) is 11.0. The van der Waals surface area contributed by atoms with Gasteiger partial charge in [0.05, 0.1) is 0 Å². The van der Waals surface area contributed by atoms with E-state index in [0.717, 1.165) is 24.3 Å². The third kappa shape index (κ3) is 3.24. The van der Waals surface area contributed by atoms with Crippen molar-refractivity contribution in [2.75, 3.05) is 0 Å². The predicted octanol–water partition coefficient (Wildman–Crippen LogP) is 2.96. The van der Waals surface area contributed by atoms with Crippen molar-refractivity contribution in [1.29, 1.82) is 0 Å². The monoisotopic (exact) mass is 205 g/mol. The molecular formula is C14H23N. The molecule has 3 unspecified atom stereocenters. The highest BCUT2D eigenvalue weighted by Gasteiger charge is 2.34. The Hall–Kier alpha value is -0.480. The Morgan fingerprint density at radius 1 is 1.27 bits per heavy atom. The SMILES string of the molecule is C#CCC(C)NC1CCCC(C2CC2)C1. The molecule has 2 rings (SSSR count). The van der Waals surface area contributed by atoms with Crippen LogP contribution in [0.25, 0.3) is 0 Å². The summed E-state index contributed by atoms with van der Waals surface area (Å²) < 4.78 is 0. The molecule has 1 heteroatoms. The van der Waals surface area contributed by atoms with E-state index in [2.05, 4.69) is 18.2 Å². The maximum absolute atomic E-state index is 5.33. The minimum absolute atomic E-state index is 0.498. The molecule has 84 valence electrons. The van der Waals surface area contributed by atoms with Gasteiger partial charge in [0.25, 0.3) is 0 Å². The van der Waals surface area contributed by atoms with Gasteiger partial charge in [0.1, 0.15) is 0 Å². The molecule has 0 amide bonds. The number of nitrogens with one attached hydrogen (secondary N) is 1. The van der Waals surface area contributed by atoms with Crippen molar-refractivity contribution in [3.8, 4) is 12.3 Å². The van der Waals surface area contributed by atoms with Gasteiger partial charge < -0.3 is 5.32 Å². The van der Waals surface area contributed by atoms with Crippen molar-refractivity contribution in [2.45, 2.75) is 64.0 Å². The lowest BCUT2D eigenvalue weighted by molar-refractivity contribution is 0.249. The van der Waals surface area contributed by atoms with Crippen molar-refractivity contribution in [3.05, 3.63) is 0 Å². The quantitative estimate of drug-likeness (QED) is 0.696. The van der Waals surface area contributed by atoms with Crippen LogP contribution < -0.4 is 5.32 Å². The van der Waals surface area contributed by atoms with Gasteiger partial charge in [-0.25, -0.2) is 0 Å². The summed E-state index contributed by atoms with van der Waals surface area (Å²) in [6.45, 7) is 2.21. The summed E-state index contributed by atoms with van der Waals surface area (Å²) in [5, 5.41) is 3.69. The highest BCUT2D eigenvalue weighted by molar-refractivity contribution is 4.92. The Morgan fingerprint density at radius 3 is 2.73 bits per heavy atom. The van der Waals surface area contributed by atoms with E-state index in [4.69, 9.17) is 6.42 Å². The Labute approximate surface area is 94.0 Å². The van der Waals surface area contributed by atoms with Crippen LogP contribution in [0.2, 0.25) is 0 Å². The van der Waals surface area contributed by atoms with Crippen LogP contribution in [-0.4, -0.2) is 12.1 Å². The lowest BCUT2D eigenvalue weighted by Crippen LogP contribution is -2.39. The summed E-state index contributed by atoms with van der Waals surface area (Å²) >= 11 is 0. The van der Waals surface area contributed by atoms with E-state index >= 15 is 0 Å². The van der Waals surface area contributed by atoms with Crippen LogP contribution in [-0.2, 0) is 0 Å². The van der Waals surface area contributed by atoms with Gasteiger partial charge in [-0.05, 0) is 44.4 Å². The number of rotatable bonds is 4. The van der Waals surface area contributed by atoms with Gasteiger partial charge in [-0.3, -0.25) is 0 Å². The topological polar surface area (TPSA) is 12.0 Å². The first-order valence-electron chi connectivity index (χ1n) is 6.49. The molecule has 0 aromatic carbocycles. The molecule has 2 saturated carbocycles.